The highest BCUT2D eigenvalue weighted by Gasteiger charge is 2.02. The molecule has 0 spiro atoms. The average Bonchev–Trinajstić information content (AvgIpc) is 2.34. The topological polar surface area (TPSA) is 42.0 Å². The molecule has 17 heavy (non-hydrogen) atoms. The smallest absolute Gasteiger partial charge is 0.150 e. The van der Waals surface area contributed by atoms with Crippen molar-refractivity contribution in [3.05, 3.63) is 52.1 Å². The molecule has 0 bridgehead atoms. The van der Waals surface area contributed by atoms with Crippen molar-refractivity contribution in [2.24, 2.45) is 0 Å². The maximum atomic E-state index is 10.5. The quantitative estimate of drug-likeness (QED) is 0.876. The molecule has 1 heterocycles. The lowest BCUT2D eigenvalue weighted by atomic mass is 10.2. The Morgan fingerprint density at radius 1 is 1.29 bits per heavy atom. The summed E-state index contributed by atoms with van der Waals surface area (Å²) in [6.07, 6.45) is 2.62. The van der Waals surface area contributed by atoms with Gasteiger partial charge in [-0.05, 0) is 58.7 Å². The molecule has 0 aliphatic rings. The molecule has 0 unspecified atom stereocenters. The SMILES string of the molecule is Cc1cnc(Nc2ccc(C=O)cc2)c(Br)c1. The predicted molar refractivity (Wildman–Crippen MR) is 71.8 cm³/mol. The van der Waals surface area contributed by atoms with Crippen LogP contribution in [0.1, 0.15) is 15.9 Å². The lowest BCUT2D eigenvalue weighted by molar-refractivity contribution is 0.112. The monoisotopic (exact) mass is 290 g/mol. The van der Waals surface area contributed by atoms with Gasteiger partial charge in [0.05, 0.1) is 4.47 Å². The van der Waals surface area contributed by atoms with Gasteiger partial charge in [-0.1, -0.05) is 0 Å². The first-order chi connectivity index (χ1) is 8.19. The van der Waals surface area contributed by atoms with Crippen LogP contribution in [0.15, 0.2) is 41.0 Å². The normalized spacial score (nSPS) is 10.0. The van der Waals surface area contributed by atoms with E-state index in [9.17, 15) is 4.79 Å². The molecule has 0 fully saturated rings. The van der Waals surface area contributed by atoms with E-state index in [0.717, 1.165) is 27.8 Å². The highest BCUT2D eigenvalue weighted by Crippen LogP contribution is 2.24. The first kappa shape index (κ1) is 11.8. The van der Waals surface area contributed by atoms with E-state index >= 15 is 0 Å². The van der Waals surface area contributed by atoms with Crippen LogP contribution in [0.4, 0.5) is 11.5 Å². The molecule has 0 aliphatic carbocycles. The van der Waals surface area contributed by atoms with Gasteiger partial charge in [0, 0.05) is 17.4 Å². The van der Waals surface area contributed by atoms with Crippen molar-refractivity contribution in [3.8, 4) is 0 Å². The van der Waals surface area contributed by atoms with Gasteiger partial charge in [0.25, 0.3) is 0 Å². The van der Waals surface area contributed by atoms with E-state index in [4.69, 9.17) is 0 Å². The number of carbonyl (C=O) groups excluding carboxylic acids is 1. The molecular formula is C13H11BrN2O. The standard InChI is InChI=1S/C13H11BrN2O/c1-9-6-12(14)13(15-7-9)16-11-4-2-10(8-17)3-5-11/h2-8H,1H3,(H,15,16). The fourth-order valence-corrected chi connectivity index (χ4v) is 1.97. The van der Waals surface area contributed by atoms with E-state index in [2.05, 4.69) is 26.2 Å². The van der Waals surface area contributed by atoms with Crippen LogP contribution in [-0.2, 0) is 0 Å². The van der Waals surface area contributed by atoms with Crippen LogP contribution in [0.2, 0.25) is 0 Å². The molecule has 0 saturated heterocycles. The number of aldehydes is 1. The summed E-state index contributed by atoms with van der Waals surface area (Å²) >= 11 is 3.45. The lowest BCUT2D eigenvalue weighted by Gasteiger charge is -2.08. The first-order valence-corrected chi connectivity index (χ1v) is 5.93. The molecule has 3 nitrogen and oxygen atoms in total. The van der Waals surface area contributed by atoms with Crippen molar-refractivity contribution in [1.82, 2.24) is 4.98 Å². The number of rotatable bonds is 3. The minimum Gasteiger partial charge on any atom is -0.339 e. The number of halogens is 1. The van der Waals surface area contributed by atoms with Gasteiger partial charge in [-0.3, -0.25) is 4.79 Å². The molecule has 4 heteroatoms. The van der Waals surface area contributed by atoms with Crippen molar-refractivity contribution in [2.75, 3.05) is 5.32 Å². The number of aromatic nitrogens is 1. The second kappa shape index (κ2) is 5.10. The summed E-state index contributed by atoms with van der Waals surface area (Å²) < 4.78 is 0.914. The summed E-state index contributed by atoms with van der Waals surface area (Å²) in [6.45, 7) is 1.99. The summed E-state index contributed by atoms with van der Waals surface area (Å²) in [5.41, 5.74) is 2.65. The fraction of sp³-hybridized carbons (Fsp3) is 0.0769. The number of nitrogens with one attached hydrogen (secondary N) is 1. The van der Waals surface area contributed by atoms with Crippen LogP contribution in [0.5, 0.6) is 0 Å². The number of hydrogen-bond donors (Lipinski definition) is 1. The van der Waals surface area contributed by atoms with Gasteiger partial charge in [0.2, 0.25) is 0 Å². The van der Waals surface area contributed by atoms with Gasteiger partial charge in [0.15, 0.2) is 0 Å². The molecule has 0 atom stereocenters. The van der Waals surface area contributed by atoms with Crippen LogP contribution in [0.25, 0.3) is 0 Å². The molecule has 86 valence electrons. The first-order valence-electron chi connectivity index (χ1n) is 5.13. The second-order valence-electron chi connectivity index (χ2n) is 3.71. The van der Waals surface area contributed by atoms with Crippen molar-refractivity contribution >= 4 is 33.7 Å². The van der Waals surface area contributed by atoms with E-state index in [1.165, 1.54) is 0 Å². The number of anilines is 2. The number of aryl methyl sites for hydroxylation is 1. The highest BCUT2D eigenvalue weighted by molar-refractivity contribution is 9.10. The van der Waals surface area contributed by atoms with Crippen LogP contribution >= 0.6 is 15.9 Å². The number of nitrogens with zero attached hydrogens (tertiary/aromatic N) is 1. The molecule has 0 saturated carbocycles. The third-order valence-corrected chi connectivity index (χ3v) is 2.89. The van der Waals surface area contributed by atoms with Gasteiger partial charge < -0.3 is 5.32 Å². The largest absolute Gasteiger partial charge is 0.339 e. The zero-order valence-electron chi connectivity index (χ0n) is 9.27. The summed E-state index contributed by atoms with van der Waals surface area (Å²) in [7, 11) is 0. The molecule has 1 N–H and O–H groups in total. The minimum absolute atomic E-state index is 0.659. The lowest BCUT2D eigenvalue weighted by Crippen LogP contribution is -1.95. The molecule has 0 aliphatic heterocycles. The zero-order valence-corrected chi connectivity index (χ0v) is 10.9. The van der Waals surface area contributed by atoms with Gasteiger partial charge in [-0.2, -0.15) is 0 Å². The maximum absolute atomic E-state index is 10.5. The Bertz CT molecular complexity index is 538. The molecule has 1 aromatic heterocycles. The Morgan fingerprint density at radius 2 is 2.00 bits per heavy atom. The fourth-order valence-electron chi connectivity index (χ4n) is 1.41. The van der Waals surface area contributed by atoms with E-state index in [1.54, 1.807) is 18.3 Å². The van der Waals surface area contributed by atoms with Crippen molar-refractivity contribution in [3.63, 3.8) is 0 Å². The Morgan fingerprint density at radius 3 is 2.59 bits per heavy atom. The van der Waals surface area contributed by atoms with Gasteiger partial charge in [-0.25, -0.2) is 4.98 Å². The zero-order chi connectivity index (χ0) is 12.3. The van der Waals surface area contributed by atoms with Gasteiger partial charge in [0.1, 0.15) is 12.1 Å². The van der Waals surface area contributed by atoms with E-state index in [0.29, 0.717) is 5.56 Å². The summed E-state index contributed by atoms with van der Waals surface area (Å²) in [6, 6.07) is 9.21. The van der Waals surface area contributed by atoms with E-state index in [1.807, 2.05) is 25.1 Å². The molecule has 0 amide bonds. The second-order valence-corrected chi connectivity index (χ2v) is 4.56. The number of hydrogen-bond acceptors (Lipinski definition) is 3. The molecule has 2 rings (SSSR count). The molecule has 2 aromatic rings. The Kier molecular flexibility index (Phi) is 3.54. The molecular weight excluding hydrogens is 280 g/mol. The number of carbonyl (C=O) groups is 1. The Labute approximate surface area is 108 Å². The van der Waals surface area contributed by atoms with E-state index in [-0.39, 0.29) is 0 Å². The van der Waals surface area contributed by atoms with Crippen LogP contribution in [-0.4, -0.2) is 11.3 Å². The minimum atomic E-state index is 0.659. The van der Waals surface area contributed by atoms with E-state index < -0.39 is 0 Å². The third kappa shape index (κ3) is 2.91. The Hall–Kier alpha value is -1.68. The number of pyridine rings is 1. The molecule has 1 aromatic carbocycles. The van der Waals surface area contributed by atoms with Gasteiger partial charge in [-0.15, -0.1) is 0 Å². The number of benzene rings is 1. The van der Waals surface area contributed by atoms with Crippen molar-refractivity contribution in [2.45, 2.75) is 6.92 Å². The summed E-state index contributed by atoms with van der Waals surface area (Å²) in [4.78, 5) is 14.8. The van der Waals surface area contributed by atoms with Crippen LogP contribution < -0.4 is 5.32 Å². The third-order valence-electron chi connectivity index (χ3n) is 2.29. The van der Waals surface area contributed by atoms with Crippen molar-refractivity contribution in [1.29, 1.82) is 0 Å². The Balaban J connectivity index is 2.22. The average molecular weight is 291 g/mol. The van der Waals surface area contributed by atoms with Crippen molar-refractivity contribution < 1.29 is 4.79 Å². The summed E-state index contributed by atoms with van der Waals surface area (Å²) in [5.74, 6) is 0.759. The van der Waals surface area contributed by atoms with Gasteiger partial charge >= 0.3 is 0 Å². The van der Waals surface area contributed by atoms with Crippen LogP contribution in [0.3, 0.4) is 0 Å². The predicted octanol–water partition coefficient (Wildman–Crippen LogP) is 3.71. The molecule has 0 radical (unpaired) electrons. The van der Waals surface area contributed by atoms with Crippen LogP contribution in [0, 0.1) is 6.92 Å². The highest BCUT2D eigenvalue weighted by atomic mass is 79.9. The maximum Gasteiger partial charge on any atom is 0.150 e. The summed E-state index contributed by atoms with van der Waals surface area (Å²) in [5, 5.41) is 3.18.